The number of anilines is 2. The molecule has 484 valence electrons. The number of aliphatic hydroxyl groups excluding tert-OH is 3. The first-order chi connectivity index (χ1) is 44.5. The van der Waals surface area contributed by atoms with Gasteiger partial charge in [0.1, 0.15) is 40.8 Å². The Morgan fingerprint density at radius 1 is 0.457 bits per heavy atom. The van der Waals surface area contributed by atoms with Crippen LogP contribution in [-0.2, 0) is 27.4 Å². The minimum Gasteiger partial charge on any atom is -0.550 e. The van der Waals surface area contributed by atoms with Crippen LogP contribution in [0.5, 0.6) is 0 Å². The van der Waals surface area contributed by atoms with Crippen molar-refractivity contribution < 1.29 is 76.2 Å². The van der Waals surface area contributed by atoms with Gasteiger partial charge in [-0.05, 0) is 126 Å². The number of hydrogen-bond acceptors (Lipinski definition) is 11. The van der Waals surface area contributed by atoms with Crippen molar-refractivity contribution in [2.45, 2.75) is 116 Å². The molecule has 21 heteroatoms. The molecule has 2 aromatic heterocycles. The molecule has 0 spiro atoms. The van der Waals surface area contributed by atoms with Gasteiger partial charge >= 0.3 is 43.7 Å². The van der Waals surface area contributed by atoms with Crippen molar-refractivity contribution in [3.8, 4) is 44.8 Å². The maximum Gasteiger partial charge on any atom is 2.00 e. The largest absolute Gasteiger partial charge is 2.00 e. The molecule has 0 unspecified atom stereocenters. The molecule has 0 saturated heterocycles. The first-order valence-electron chi connectivity index (χ1n) is 30.2. The maximum atomic E-state index is 14.3. The number of hydrogen-bond donors (Lipinski definition) is 5. The zero-order valence-corrected chi connectivity index (χ0v) is 54.2. The number of carboxylic acid groups (broad SMARTS) is 2. The molecule has 0 fully saturated rings. The smallest absolute Gasteiger partial charge is 0.550 e. The van der Waals surface area contributed by atoms with Gasteiger partial charge in [-0.15, -0.1) is 0 Å². The second kappa shape index (κ2) is 33.9. The van der Waals surface area contributed by atoms with E-state index in [4.69, 9.17) is 4.74 Å². The van der Waals surface area contributed by atoms with Crippen LogP contribution in [0.15, 0.2) is 182 Å². The second-order valence-electron chi connectivity index (χ2n) is 22.9. The van der Waals surface area contributed by atoms with Crippen LogP contribution in [0.1, 0.15) is 121 Å². The molecule has 0 saturated carbocycles. The van der Waals surface area contributed by atoms with Crippen LogP contribution in [0.2, 0.25) is 0 Å². The Labute approximate surface area is 570 Å². The summed E-state index contributed by atoms with van der Waals surface area (Å²) in [6.45, 7) is 8.06. The van der Waals surface area contributed by atoms with Crippen LogP contribution in [0.25, 0.3) is 44.8 Å². The number of ether oxygens (including phenoxy) is 1. The van der Waals surface area contributed by atoms with Crippen molar-refractivity contribution in [1.29, 1.82) is 0 Å². The van der Waals surface area contributed by atoms with E-state index >= 15 is 0 Å². The monoisotopic (exact) mass is 1310 g/mol. The number of nitrogens with zero attached hydrogens (tertiary/aromatic N) is 2. The molecule has 15 nitrogen and oxygen atoms in total. The first-order valence-corrected chi connectivity index (χ1v) is 30.2. The van der Waals surface area contributed by atoms with Gasteiger partial charge in [0.05, 0.1) is 40.8 Å². The number of aliphatic hydroxyl groups is 3. The van der Waals surface area contributed by atoms with Gasteiger partial charge in [-0.2, -0.15) is 0 Å². The van der Waals surface area contributed by atoms with Gasteiger partial charge in [-0.1, -0.05) is 125 Å². The fraction of sp³-hybridized carbons (Fsp3) is 0.247. The minimum absolute atomic E-state index is 0. The van der Waals surface area contributed by atoms with Crippen molar-refractivity contribution in [2.24, 2.45) is 0 Å². The summed E-state index contributed by atoms with van der Waals surface area (Å²) < 4.78 is 79.1. The van der Waals surface area contributed by atoms with E-state index in [2.05, 4.69) is 10.6 Å². The number of amides is 2. The molecule has 0 aliphatic rings. The van der Waals surface area contributed by atoms with Crippen molar-refractivity contribution >= 4 is 78.8 Å². The molecule has 0 bridgehead atoms. The predicted molar refractivity (Wildman–Crippen MR) is 345 cm³/mol. The summed E-state index contributed by atoms with van der Waals surface area (Å²) in [5.41, 5.74) is 7.39. The Hall–Kier alpha value is -8.76. The Balaban J connectivity index is 0.000000270. The van der Waals surface area contributed by atoms with E-state index in [1.54, 1.807) is 60.7 Å². The summed E-state index contributed by atoms with van der Waals surface area (Å²) in [7, 11) is 0. The predicted octanol–water partition coefficient (Wildman–Crippen LogP) is 11.9. The third-order valence-electron chi connectivity index (χ3n) is 15.3. The van der Waals surface area contributed by atoms with E-state index in [0.29, 0.717) is 67.4 Å². The zero-order valence-electron chi connectivity index (χ0n) is 52.0. The van der Waals surface area contributed by atoms with Gasteiger partial charge in [0.2, 0.25) is 0 Å². The Morgan fingerprint density at radius 2 is 0.819 bits per heavy atom. The zero-order chi connectivity index (χ0) is 67.0. The van der Waals surface area contributed by atoms with Gasteiger partial charge in [0.15, 0.2) is 0 Å². The maximum absolute atomic E-state index is 14.3. The summed E-state index contributed by atoms with van der Waals surface area (Å²) in [5, 5.41) is 60.3. The normalized spacial score (nSPS) is 12.4. The molecular weight excluding hydrogens is 1240 g/mol. The standard InChI is InChI=1S/C40H36F4N2O6.C33H35FN2O5.Ca/c1-23(2)37-36(39(50)45-28-11-7-4-8-12-28)34(24-9-5-3-6-10-24)38(25-13-15-26(41)16-14-25)46(37)18-17-29(47)21-30(22-33(48)49)52-40(51)35-31(43)19-27(42)20-32(35)44;1-21(2)31-30(33(41)35-25-11-7-4-8-12-25)29(22-9-5-3-6-10-22)32(23-13-15-24(34)16-14-23)36(31)18-17-26(37)19-27(38)20-28(39)40;/h3-16,19-20,23,29-30,47H,17-18,21-22H2,1-2H3,(H,45,50)(H,48,49);3-16,21,26-27,37-38H,17-20H2,1-2H3,(H,35,41)(H,39,40);/q;;+2/p-2/t29-,30-;26-,27-;/m11./s1. The molecule has 5 N–H and O–H groups in total. The molecule has 94 heavy (non-hydrogen) atoms. The van der Waals surface area contributed by atoms with Crippen molar-refractivity contribution in [3.63, 3.8) is 0 Å². The number of halogens is 5. The summed E-state index contributed by atoms with van der Waals surface area (Å²) in [5.74, 6) is -10.9. The summed E-state index contributed by atoms with van der Waals surface area (Å²) in [4.78, 5) is 63.4. The number of benzene rings is 7. The van der Waals surface area contributed by atoms with E-state index in [-0.39, 0.29) is 100.0 Å². The Kier molecular flexibility index (Phi) is 26.2. The summed E-state index contributed by atoms with van der Waals surface area (Å²) >= 11 is 0. The third-order valence-corrected chi connectivity index (χ3v) is 15.3. The number of aliphatic carboxylic acids is 2. The van der Waals surface area contributed by atoms with E-state index in [1.165, 1.54) is 24.3 Å². The van der Waals surface area contributed by atoms with Gasteiger partial charge in [0.25, 0.3) is 11.8 Å². The van der Waals surface area contributed by atoms with E-state index in [9.17, 15) is 71.5 Å². The van der Waals surface area contributed by atoms with Crippen LogP contribution >= 0.6 is 0 Å². The molecule has 9 rings (SSSR count). The molecule has 2 amide bonds. The summed E-state index contributed by atoms with van der Waals surface area (Å²) in [6.07, 6.45) is -7.14. The number of esters is 1. The Bertz CT molecular complexity index is 4020. The van der Waals surface area contributed by atoms with Gasteiger partial charge < -0.3 is 59.6 Å². The van der Waals surface area contributed by atoms with E-state index < -0.39 is 102 Å². The summed E-state index contributed by atoms with van der Waals surface area (Å²) in [6, 6.07) is 49.0. The number of carboxylic acids is 2. The van der Waals surface area contributed by atoms with Gasteiger partial charge in [0, 0.05) is 90.3 Å². The van der Waals surface area contributed by atoms with Crippen molar-refractivity contribution in [3.05, 3.63) is 239 Å². The number of nitrogens with one attached hydrogen (secondary N) is 2. The van der Waals surface area contributed by atoms with Crippen LogP contribution in [0.3, 0.4) is 0 Å². The first kappa shape index (κ1) is 72.7. The molecule has 4 atom stereocenters. The molecule has 0 aliphatic carbocycles. The fourth-order valence-corrected chi connectivity index (χ4v) is 11.4. The average molecular weight is 1310 g/mol. The van der Waals surface area contributed by atoms with Crippen LogP contribution in [0, 0.1) is 29.1 Å². The SMILES string of the molecule is CC(C)c1c(C(=O)Nc2ccccc2)c(-c2ccccc2)c(-c2ccc(F)cc2)n1CC[C@@H](O)C[C@@H](O)CC(=O)[O-].CC(C)c1c(C(=O)Nc2ccccc2)c(-c2ccccc2)c(-c2ccc(F)cc2)n1CC[C@@H](O)C[C@H](CC(=O)[O-])OC(=O)c1c(F)cc(F)cc1F.[Ca+2]. The number of aromatic nitrogens is 2. The number of carbonyl (C=O) groups is 5. The van der Waals surface area contributed by atoms with Crippen LogP contribution in [0.4, 0.5) is 33.3 Å². The van der Waals surface area contributed by atoms with Crippen molar-refractivity contribution in [2.75, 3.05) is 10.6 Å². The fourth-order valence-electron chi connectivity index (χ4n) is 11.4. The molecular formula is C73H69CaF5N4O11. The van der Waals surface area contributed by atoms with Crippen molar-refractivity contribution in [1.82, 2.24) is 9.13 Å². The average Bonchev–Trinajstić information content (AvgIpc) is 1.60. The van der Waals surface area contributed by atoms with Crippen LogP contribution < -0.4 is 20.8 Å². The Morgan fingerprint density at radius 3 is 1.18 bits per heavy atom. The number of carbonyl (C=O) groups excluding carboxylic acids is 5. The second-order valence-corrected chi connectivity index (χ2v) is 22.9. The number of para-hydroxylation sites is 2. The molecule has 0 aliphatic heterocycles. The minimum atomic E-state index is -1.65. The molecule has 0 radical (unpaired) electrons. The number of rotatable bonds is 26. The van der Waals surface area contributed by atoms with E-state index in [0.717, 1.165) is 11.3 Å². The quantitative estimate of drug-likeness (QED) is 0.0194. The van der Waals surface area contributed by atoms with Gasteiger partial charge in [-0.25, -0.2) is 26.7 Å². The topological polar surface area (TPSA) is 235 Å². The molecule has 7 aromatic carbocycles. The van der Waals surface area contributed by atoms with Gasteiger partial charge in [-0.3, -0.25) is 9.59 Å². The molecule has 2 heterocycles. The third kappa shape index (κ3) is 18.8. The molecule has 9 aromatic rings. The van der Waals surface area contributed by atoms with Crippen LogP contribution in [-0.4, -0.2) is 116 Å². The van der Waals surface area contributed by atoms with E-state index in [1.807, 2.05) is 122 Å².